The number of carbonyl (C=O) groups excluding carboxylic acids is 1. The van der Waals surface area contributed by atoms with Crippen molar-refractivity contribution in [3.63, 3.8) is 0 Å². The maximum atomic E-state index is 12.0. The van der Waals surface area contributed by atoms with Crippen molar-refractivity contribution >= 4 is 45.0 Å². The quantitative estimate of drug-likeness (QED) is 0.292. The maximum Gasteiger partial charge on any atom is 0.362 e. The molecule has 6 N–H and O–H groups in total. The lowest BCUT2D eigenvalue weighted by Gasteiger charge is -2.16. The van der Waals surface area contributed by atoms with Crippen LogP contribution in [0.25, 0.3) is 11.2 Å². The van der Waals surface area contributed by atoms with Crippen LogP contribution in [0.15, 0.2) is 12.7 Å². The van der Waals surface area contributed by atoms with Gasteiger partial charge in [-0.1, -0.05) is 0 Å². The smallest absolute Gasteiger partial charge is 0.362 e. The van der Waals surface area contributed by atoms with E-state index in [0.29, 0.717) is 11.6 Å². The molecule has 4 rings (SSSR count). The number of thioether (sulfide) groups is 1. The van der Waals surface area contributed by atoms with Gasteiger partial charge in [-0.3, -0.25) is 18.9 Å². The SMILES string of the molecule is Nc1ncnc2c1ncn2[C@@H]1O[C@H](COS(=O)(=O)NC(=O)[C@@H]2CSCN2)[C@@H](O)[C@H]1O. The largest absolute Gasteiger partial charge is 0.387 e. The van der Waals surface area contributed by atoms with E-state index in [4.69, 9.17) is 14.7 Å². The standard InChI is InChI=1S/C14H19N7O7S2/c15-11-8-12(17-3-16-11)21(4-18-8)14-10(23)9(22)7(28-14)1-27-30(25,26)20-13(24)6-2-29-5-19-6/h3-4,6-7,9-10,14,19,22-23H,1-2,5H2,(H,20,24)(H2,15,16,17)/t6-,7+,9+,10+,14+/m0/s1. The molecule has 0 saturated carbocycles. The summed E-state index contributed by atoms with van der Waals surface area (Å²) in [6.07, 6.45) is -2.70. The average molecular weight is 461 g/mol. The fourth-order valence-corrected chi connectivity index (χ4v) is 4.80. The minimum atomic E-state index is -4.44. The number of ether oxygens (including phenoxy) is 1. The molecule has 2 aliphatic heterocycles. The molecule has 0 unspecified atom stereocenters. The molecule has 0 radical (unpaired) electrons. The third-order valence-corrected chi connectivity index (χ3v) is 6.48. The molecule has 164 valence electrons. The van der Waals surface area contributed by atoms with E-state index in [9.17, 15) is 23.4 Å². The molecule has 2 aromatic rings. The van der Waals surface area contributed by atoms with Crippen molar-refractivity contribution in [2.75, 3.05) is 24.0 Å². The number of nitrogen functional groups attached to an aromatic ring is 1. The van der Waals surface area contributed by atoms with Crippen molar-refractivity contribution in [2.45, 2.75) is 30.6 Å². The molecule has 4 heterocycles. The summed E-state index contributed by atoms with van der Waals surface area (Å²) in [4.78, 5) is 23.9. The van der Waals surface area contributed by atoms with Gasteiger partial charge in [-0.05, 0) is 0 Å². The Labute approximate surface area is 174 Å². The Balaban J connectivity index is 1.42. The first-order valence-corrected chi connectivity index (χ1v) is 11.3. The van der Waals surface area contributed by atoms with Gasteiger partial charge in [0, 0.05) is 11.6 Å². The van der Waals surface area contributed by atoms with Gasteiger partial charge >= 0.3 is 10.3 Å². The monoisotopic (exact) mass is 461 g/mol. The topological polar surface area (TPSA) is 204 Å². The summed E-state index contributed by atoms with van der Waals surface area (Å²) in [5.41, 5.74) is 6.28. The number of hydrogen-bond acceptors (Lipinski definition) is 13. The Bertz CT molecular complexity index is 1040. The first kappa shape index (κ1) is 21.2. The van der Waals surface area contributed by atoms with Crippen LogP contribution in [0, 0.1) is 0 Å². The fraction of sp³-hybridized carbons (Fsp3) is 0.571. The zero-order valence-corrected chi connectivity index (χ0v) is 16.9. The lowest BCUT2D eigenvalue weighted by molar-refractivity contribution is -0.120. The van der Waals surface area contributed by atoms with Crippen molar-refractivity contribution in [1.82, 2.24) is 29.6 Å². The second-order valence-corrected chi connectivity index (χ2v) is 8.98. The van der Waals surface area contributed by atoms with E-state index in [0.717, 1.165) is 0 Å². The van der Waals surface area contributed by atoms with Crippen molar-refractivity contribution < 1.29 is 32.3 Å². The normalized spacial score (nSPS) is 29.5. The van der Waals surface area contributed by atoms with Crippen LogP contribution in [-0.2, 0) is 24.0 Å². The Morgan fingerprint density at radius 3 is 2.93 bits per heavy atom. The first-order valence-electron chi connectivity index (χ1n) is 8.73. The van der Waals surface area contributed by atoms with Crippen molar-refractivity contribution in [3.05, 3.63) is 12.7 Å². The Morgan fingerprint density at radius 1 is 1.40 bits per heavy atom. The summed E-state index contributed by atoms with van der Waals surface area (Å²) in [6.45, 7) is -0.631. The molecule has 0 aromatic carbocycles. The van der Waals surface area contributed by atoms with Crippen LogP contribution in [-0.4, -0.2) is 86.6 Å². The number of carbonyl (C=O) groups is 1. The van der Waals surface area contributed by atoms with Gasteiger partial charge in [-0.2, -0.15) is 8.42 Å². The molecule has 0 bridgehead atoms. The van der Waals surface area contributed by atoms with Crippen molar-refractivity contribution in [3.8, 4) is 0 Å². The molecule has 16 heteroatoms. The number of nitrogens with one attached hydrogen (secondary N) is 2. The number of nitrogens with two attached hydrogens (primary N) is 1. The maximum absolute atomic E-state index is 12.0. The molecular formula is C14H19N7O7S2. The number of imidazole rings is 1. The highest BCUT2D eigenvalue weighted by molar-refractivity contribution is 7.99. The molecule has 0 aliphatic carbocycles. The fourth-order valence-electron chi connectivity index (χ4n) is 3.10. The second kappa shape index (κ2) is 8.22. The van der Waals surface area contributed by atoms with Crippen LogP contribution in [0.4, 0.5) is 5.82 Å². The van der Waals surface area contributed by atoms with Gasteiger partial charge in [0.25, 0.3) is 5.91 Å². The van der Waals surface area contributed by atoms with Gasteiger partial charge in [-0.25, -0.2) is 19.7 Å². The highest BCUT2D eigenvalue weighted by Crippen LogP contribution is 2.32. The first-order chi connectivity index (χ1) is 14.3. The second-order valence-electron chi connectivity index (χ2n) is 6.61. The lowest BCUT2D eigenvalue weighted by atomic mass is 10.1. The summed E-state index contributed by atoms with van der Waals surface area (Å²) in [6, 6.07) is -0.642. The Hall–Kier alpha value is -2.08. The summed E-state index contributed by atoms with van der Waals surface area (Å²) >= 11 is 1.46. The van der Waals surface area contributed by atoms with Gasteiger partial charge in [0.1, 0.15) is 30.2 Å². The van der Waals surface area contributed by atoms with Crippen LogP contribution in [0.5, 0.6) is 0 Å². The van der Waals surface area contributed by atoms with Gasteiger partial charge in [-0.15, -0.1) is 11.8 Å². The zero-order valence-electron chi connectivity index (χ0n) is 15.3. The molecule has 14 nitrogen and oxygen atoms in total. The molecule has 2 saturated heterocycles. The summed E-state index contributed by atoms with van der Waals surface area (Å²) in [5.74, 6) is 0.364. The Kier molecular flexibility index (Phi) is 5.80. The molecule has 30 heavy (non-hydrogen) atoms. The number of aromatic nitrogens is 4. The summed E-state index contributed by atoms with van der Waals surface area (Å²) < 4.78 is 37.6. The van der Waals surface area contributed by atoms with E-state index in [2.05, 4.69) is 20.3 Å². The summed E-state index contributed by atoms with van der Waals surface area (Å²) in [7, 11) is -4.44. The van der Waals surface area contributed by atoms with Crippen molar-refractivity contribution in [1.29, 1.82) is 0 Å². The number of rotatable bonds is 6. The number of anilines is 1. The molecule has 2 fully saturated rings. The number of aliphatic hydroxyl groups is 2. The molecule has 5 atom stereocenters. The number of nitrogens with zero attached hydrogens (tertiary/aromatic N) is 4. The predicted molar refractivity (Wildman–Crippen MR) is 103 cm³/mol. The van der Waals surface area contributed by atoms with Crippen LogP contribution < -0.4 is 15.8 Å². The van der Waals surface area contributed by atoms with E-state index in [1.165, 1.54) is 29.0 Å². The van der Waals surface area contributed by atoms with Gasteiger partial charge < -0.3 is 20.7 Å². The molecule has 2 aliphatic rings. The van der Waals surface area contributed by atoms with E-state index < -0.39 is 53.4 Å². The highest BCUT2D eigenvalue weighted by Gasteiger charge is 2.45. The average Bonchev–Trinajstić information content (AvgIpc) is 3.42. The number of aliphatic hydroxyl groups excluding tert-OH is 2. The van der Waals surface area contributed by atoms with E-state index in [1.807, 2.05) is 0 Å². The number of hydrogen-bond donors (Lipinski definition) is 5. The Morgan fingerprint density at radius 2 is 2.20 bits per heavy atom. The van der Waals surface area contributed by atoms with E-state index in [-0.39, 0.29) is 17.0 Å². The number of fused-ring (bicyclic) bond motifs is 1. The third-order valence-electron chi connectivity index (χ3n) is 4.64. The minimum Gasteiger partial charge on any atom is -0.387 e. The lowest BCUT2D eigenvalue weighted by Crippen LogP contribution is -2.45. The minimum absolute atomic E-state index is 0.128. The molecular weight excluding hydrogens is 442 g/mol. The van der Waals surface area contributed by atoms with Crippen molar-refractivity contribution in [2.24, 2.45) is 0 Å². The van der Waals surface area contributed by atoms with Gasteiger partial charge in [0.05, 0.1) is 19.0 Å². The van der Waals surface area contributed by atoms with Crippen LogP contribution in [0.3, 0.4) is 0 Å². The van der Waals surface area contributed by atoms with Crippen LogP contribution in [0.2, 0.25) is 0 Å². The van der Waals surface area contributed by atoms with E-state index >= 15 is 0 Å². The zero-order chi connectivity index (χ0) is 21.5. The van der Waals surface area contributed by atoms with Gasteiger partial charge in [0.2, 0.25) is 0 Å². The highest BCUT2D eigenvalue weighted by atomic mass is 32.2. The number of amides is 1. The summed E-state index contributed by atoms with van der Waals surface area (Å²) in [5, 5.41) is 23.5. The molecule has 0 spiro atoms. The van der Waals surface area contributed by atoms with Crippen LogP contribution >= 0.6 is 11.8 Å². The predicted octanol–water partition coefficient (Wildman–Crippen LogP) is -2.93. The van der Waals surface area contributed by atoms with Gasteiger partial charge in [0.15, 0.2) is 17.7 Å². The third kappa shape index (κ3) is 4.07. The van der Waals surface area contributed by atoms with E-state index in [1.54, 1.807) is 4.72 Å². The molecule has 2 aromatic heterocycles. The molecule has 1 amide bonds. The van der Waals surface area contributed by atoms with Crippen LogP contribution in [0.1, 0.15) is 6.23 Å².